The number of amides is 1. The van der Waals surface area contributed by atoms with E-state index in [9.17, 15) is 4.79 Å². The Hall–Kier alpha value is -1.94. The number of benzene rings is 2. The van der Waals surface area contributed by atoms with Crippen LogP contribution in [-0.4, -0.2) is 24.7 Å². The Bertz CT molecular complexity index is 759. The maximum Gasteiger partial charge on any atom is 0.252 e. The lowest BCUT2D eigenvalue weighted by Crippen LogP contribution is -2.34. The fourth-order valence-electron chi connectivity index (χ4n) is 3.69. The van der Waals surface area contributed by atoms with Gasteiger partial charge in [-0.3, -0.25) is 4.79 Å². The van der Waals surface area contributed by atoms with Crippen molar-refractivity contribution in [1.29, 1.82) is 0 Å². The normalized spacial score (nSPS) is 18.2. The summed E-state index contributed by atoms with van der Waals surface area (Å²) in [6.45, 7) is 8.75. The number of nitrogens with one attached hydrogen (secondary N) is 1. The van der Waals surface area contributed by atoms with Crippen molar-refractivity contribution >= 4 is 23.4 Å². The summed E-state index contributed by atoms with van der Waals surface area (Å²) in [6, 6.07) is 16.5. The zero-order valence-corrected chi connectivity index (χ0v) is 17.4. The van der Waals surface area contributed by atoms with Gasteiger partial charge in [0.25, 0.3) is 5.91 Å². The van der Waals surface area contributed by atoms with E-state index in [0.717, 1.165) is 40.8 Å². The highest BCUT2D eigenvalue weighted by molar-refractivity contribution is 7.99. The molecule has 0 spiro atoms. The molecule has 1 amide bonds. The third-order valence-electron chi connectivity index (χ3n) is 5.19. The predicted octanol–water partition coefficient (Wildman–Crippen LogP) is 5.53. The minimum atomic E-state index is -0.0217. The fourth-order valence-corrected chi connectivity index (χ4v) is 4.49. The molecule has 0 bridgehead atoms. The van der Waals surface area contributed by atoms with Gasteiger partial charge in [0.15, 0.2) is 0 Å². The van der Waals surface area contributed by atoms with Crippen LogP contribution in [0.4, 0.5) is 5.69 Å². The van der Waals surface area contributed by atoms with Crippen molar-refractivity contribution < 1.29 is 4.79 Å². The summed E-state index contributed by atoms with van der Waals surface area (Å²) in [5.74, 6) is 1.71. The summed E-state index contributed by atoms with van der Waals surface area (Å²) in [7, 11) is 0. The largest absolute Gasteiger partial charge is 0.371 e. The molecule has 3 rings (SSSR count). The van der Waals surface area contributed by atoms with E-state index >= 15 is 0 Å². The van der Waals surface area contributed by atoms with Crippen molar-refractivity contribution in [3.63, 3.8) is 0 Å². The number of hydrogen-bond donors (Lipinski definition) is 1. The molecular formula is C23H30N2OS. The molecule has 0 aliphatic carbocycles. The van der Waals surface area contributed by atoms with Crippen molar-refractivity contribution in [1.82, 2.24) is 5.32 Å². The summed E-state index contributed by atoms with van der Waals surface area (Å²) in [4.78, 5) is 16.3. The molecular weight excluding hydrogens is 352 g/mol. The number of thioether (sulfide) groups is 1. The Morgan fingerprint density at radius 2 is 1.96 bits per heavy atom. The molecule has 1 heterocycles. The van der Waals surface area contributed by atoms with Gasteiger partial charge in [-0.1, -0.05) is 38.1 Å². The van der Waals surface area contributed by atoms with Crippen molar-refractivity contribution in [2.45, 2.75) is 44.6 Å². The van der Waals surface area contributed by atoms with Crippen molar-refractivity contribution in [3.8, 4) is 0 Å². The Balaban J connectivity index is 1.66. The number of anilines is 1. The van der Waals surface area contributed by atoms with E-state index in [1.807, 2.05) is 31.2 Å². The van der Waals surface area contributed by atoms with Crippen LogP contribution >= 0.6 is 11.8 Å². The highest BCUT2D eigenvalue weighted by Crippen LogP contribution is 2.26. The standard InChI is InChI=1S/C23H30N2OS/c1-4-27-22-10-6-5-9-21(22)23(26)24-18(3)19-11-13-20(14-12-19)25-15-7-8-17(2)16-25/h5-6,9-14,17-18H,4,7-8,15-16H2,1-3H3,(H,24,26). The van der Waals surface area contributed by atoms with E-state index in [4.69, 9.17) is 0 Å². The molecule has 1 aliphatic heterocycles. The van der Waals surface area contributed by atoms with Gasteiger partial charge in [-0.25, -0.2) is 0 Å². The van der Waals surface area contributed by atoms with E-state index in [-0.39, 0.29) is 11.9 Å². The highest BCUT2D eigenvalue weighted by Gasteiger charge is 2.18. The molecule has 1 N–H and O–H groups in total. The lowest BCUT2D eigenvalue weighted by Gasteiger charge is -2.33. The van der Waals surface area contributed by atoms with Gasteiger partial charge in [-0.05, 0) is 61.3 Å². The van der Waals surface area contributed by atoms with Gasteiger partial charge >= 0.3 is 0 Å². The summed E-state index contributed by atoms with van der Waals surface area (Å²) in [6.07, 6.45) is 2.60. The second kappa shape index (κ2) is 9.32. The van der Waals surface area contributed by atoms with Gasteiger partial charge in [-0.2, -0.15) is 0 Å². The molecule has 2 aromatic carbocycles. The number of carbonyl (C=O) groups is 1. The van der Waals surface area contributed by atoms with Crippen LogP contribution in [0.1, 0.15) is 55.6 Å². The van der Waals surface area contributed by atoms with E-state index in [2.05, 4.69) is 48.3 Å². The monoisotopic (exact) mass is 382 g/mol. The van der Waals surface area contributed by atoms with E-state index in [0.29, 0.717) is 0 Å². The van der Waals surface area contributed by atoms with Crippen molar-refractivity contribution in [2.24, 2.45) is 5.92 Å². The van der Waals surface area contributed by atoms with Crippen LogP contribution < -0.4 is 10.2 Å². The Morgan fingerprint density at radius 1 is 1.22 bits per heavy atom. The number of rotatable bonds is 6. The SMILES string of the molecule is CCSc1ccccc1C(=O)NC(C)c1ccc(N2CCCC(C)C2)cc1. The average molecular weight is 383 g/mol. The van der Waals surface area contributed by atoms with Gasteiger partial charge in [0.2, 0.25) is 0 Å². The molecule has 3 nitrogen and oxygen atoms in total. The minimum Gasteiger partial charge on any atom is -0.371 e. The first-order chi connectivity index (χ1) is 13.1. The number of nitrogens with zero attached hydrogens (tertiary/aromatic N) is 1. The van der Waals surface area contributed by atoms with Crippen molar-refractivity contribution in [2.75, 3.05) is 23.7 Å². The summed E-state index contributed by atoms with van der Waals surface area (Å²) < 4.78 is 0. The van der Waals surface area contributed by atoms with Crippen LogP contribution in [0.25, 0.3) is 0 Å². The number of carbonyl (C=O) groups excluding carboxylic acids is 1. The van der Waals surface area contributed by atoms with E-state index < -0.39 is 0 Å². The summed E-state index contributed by atoms with van der Waals surface area (Å²) >= 11 is 1.70. The van der Waals surface area contributed by atoms with Crippen LogP contribution in [0.2, 0.25) is 0 Å². The van der Waals surface area contributed by atoms with Crippen LogP contribution in [0.5, 0.6) is 0 Å². The maximum absolute atomic E-state index is 12.7. The molecule has 4 heteroatoms. The molecule has 1 saturated heterocycles. The summed E-state index contributed by atoms with van der Waals surface area (Å²) in [5, 5.41) is 3.15. The van der Waals surface area contributed by atoms with Crippen LogP contribution in [0, 0.1) is 5.92 Å². The average Bonchev–Trinajstić information content (AvgIpc) is 2.68. The third kappa shape index (κ3) is 5.07. The Labute approximate surface area is 167 Å². The van der Waals surface area contributed by atoms with Gasteiger partial charge in [0.05, 0.1) is 11.6 Å². The maximum atomic E-state index is 12.7. The lowest BCUT2D eigenvalue weighted by molar-refractivity contribution is 0.0937. The fraction of sp³-hybridized carbons (Fsp3) is 0.435. The van der Waals surface area contributed by atoms with Gasteiger partial charge in [0, 0.05) is 23.7 Å². The molecule has 0 saturated carbocycles. The van der Waals surface area contributed by atoms with Crippen molar-refractivity contribution in [3.05, 3.63) is 59.7 Å². The molecule has 2 atom stereocenters. The van der Waals surface area contributed by atoms with Crippen LogP contribution in [-0.2, 0) is 0 Å². The van der Waals surface area contributed by atoms with Crippen LogP contribution in [0.3, 0.4) is 0 Å². The quantitative estimate of drug-likeness (QED) is 0.667. The van der Waals surface area contributed by atoms with E-state index in [1.165, 1.54) is 18.5 Å². The molecule has 2 unspecified atom stereocenters. The molecule has 27 heavy (non-hydrogen) atoms. The Kier molecular flexibility index (Phi) is 6.84. The summed E-state index contributed by atoms with van der Waals surface area (Å²) in [5.41, 5.74) is 3.18. The first-order valence-electron chi connectivity index (χ1n) is 9.96. The highest BCUT2D eigenvalue weighted by atomic mass is 32.2. The molecule has 1 fully saturated rings. The molecule has 144 valence electrons. The number of hydrogen-bond acceptors (Lipinski definition) is 3. The van der Waals surface area contributed by atoms with E-state index in [1.54, 1.807) is 11.8 Å². The Morgan fingerprint density at radius 3 is 2.67 bits per heavy atom. The minimum absolute atomic E-state index is 0.00650. The molecule has 2 aromatic rings. The first kappa shape index (κ1) is 19.8. The van der Waals surface area contributed by atoms with Crippen LogP contribution in [0.15, 0.2) is 53.4 Å². The smallest absolute Gasteiger partial charge is 0.252 e. The van der Waals surface area contributed by atoms with Gasteiger partial charge in [0.1, 0.15) is 0 Å². The predicted molar refractivity (Wildman–Crippen MR) is 116 cm³/mol. The zero-order chi connectivity index (χ0) is 19.2. The second-order valence-corrected chi connectivity index (χ2v) is 8.72. The second-order valence-electron chi connectivity index (χ2n) is 7.41. The third-order valence-corrected chi connectivity index (χ3v) is 6.15. The topological polar surface area (TPSA) is 32.3 Å². The molecule has 0 radical (unpaired) electrons. The number of piperidine rings is 1. The molecule has 1 aliphatic rings. The lowest BCUT2D eigenvalue weighted by atomic mass is 9.99. The molecule has 0 aromatic heterocycles. The van der Waals surface area contributed by atoms with Gasteiger partial charge < -0.3 is 10.2 Å². The van der Waals surface area contributed by atoms with Gasteiger partial charge in [-0.15, -0.1) is 11.8 Å². The first-order valence-corrected chi connectivity index (χ1v) is 10.9. The zero-order valence-electron chi connectivity index (χ0n) is 16.6.